The van der Waals surface area contributed by atoms with Gasteiger partial charge in [-0.15, -0.1) is 0 Å². The van der Waals surface area contributed by atoms with Crippen LogP contribution in [0.2, 0.25) is 0 Å². The van der Waals surface area contributed by atoms with Crippen LogP contribution in [0.5, 0.6) is 0 Å². The van der Waals surface area contributed by atoms with Gasteiger partial charge in [0.2, 0.25) is 0 Å². The normalized spacial score (nSPS) is 16.0. The maximum Gasteiger partial charge on any atom is 0.255 e. The van der Waals surface area contributed by atoms with E-state index >= 15 is 0 Å². The second-order valence-corrected chi connectivity index (χ2v) is 5.30. The zero-order chi connectivity index (χ0) is 15.2. The molecule has 0 radical (unpaired) electrons. The summed E-state index contributed by atoms with van der Waals surface area (Å²) in [5.41, 5.74) is 0.572. The Balaban J connectivity index is 2.03. The monoisotopic (exact) mass is 292 g/mol. The van der Waals surface area contributed by atoms with E-state index in [0.717, 1.165) is 32.0 Å². The standard InChI is InChI=1S/C15H24N4O2/c1-3-18(10-11-20)15(21)13-4-5-14(16-12-13)19-8-6-17(2)7-9-19/h4-5,12,20H,3,6-11H2,1-2H3. The van der Waals surface area contributed by atoms with Gasteiger partial charge in [-0.05, 0) is 26.1 Å². The van der Waals surface area contributed by atoms with Crippen molar-refractivity contribution in [2.45, 2.75) is 6.92 Å². The average Bonchev–Trinajstić information content (AvgIpc) is 2.53. The van der Waals surface area contributed by atoms with Crippen molar-refractivity contribution in [1.29, 1.82) is 0 Å². The summed E-state index contributed by atoms with van der Waals surface area (Å²) >= 11 is 0. The number of aliphatic hydroxyl groups is 1. The zero-order valence-electron chi connectivity index (χ0n) is 12.8. The number of piperazine rings is 1. The Labute approximate surface area is 126 Å². The molecule has 2 rings (SSSR count). The van der Waals surface area contributed by atoms with E-state index in [2.05, 4.69) is 21.8 Å². The van der Waals surface area contributed by atoms with Gasteiger partial charge < -0.3 is 19.8 Å². The molecule has 6 nitrogen and oxygen atoms in total. The predicted octanol–water partition coefficient (Wildman–Crippen LogP) is 0.288. The molecule has 0 unspecified atom stereocenters. The maximum atomic E-state index is 12.3. The molecule has 0 aromatic carbocycles. The van der Waals surface area contributed by atoms with Crippen molar-refractivity contribution in [2.24, 2.45) is 0 Å². The SMILES string of the molecule is CCN(CCO)C(=O)c1ccc(N2CCN(C)CC2)nc1. The molecule has 21 heavy (non-hydrogen) atoms. The fraction of sp³-hybridized carbons (Fsp3) is 0.600. The van der Waals surface area contributed by atoms with E-state index < -0.39 is 0 Å². The molecule has 1 amide bonds. The topological polar surface area (TPSA) is 59.9 Å². The fourth-order valence-electron chi connectivity index (χ4n) is 2.44. The lowest BCUT2D eigenvalue weighted by molar-refractivity contribution is 0.0731. The highest BCUT2D eigenvalue weighted by atomic mass is 16.3. The molecule has 0 aliphatic carbocycles. The largest absolute Gasteiger partial charge is 0.395 e. The van der Waals surface area contributed by atoms with Crippen molar-refractivity contribution in [3.8, 4) is 0 Å². The van der Waals surface area contributed by atoms with Crippen LogP contribution in [-0.4, -0.2) is 78.7 Å². The van der Waals surface area contributed by atoms with E-state index in [4.69, 9.17) is 5.11 Å². The number of amides is 1. The fourth-order valence-corrected chi connectivity index (χ4v) is 2.44. The Bertz CT molecular complexity index is 455. The Morgan fingerprint density at radius 3 is 2.57 bits per heavy atom. The predicted molar refractivity (Wildman–Crippen MR) is 82.6 cm³/mol. The molecule has 0 bridgehead atoms. The number of nitrogens with zero attached hydrogens (tertiary/aromatic N) is 4. The first kappa shape index (κ1) is 15.7. The summed E-state index contributed by atoms with van der Waals surface area (Å²) in [6.45, 7) is 6.80. The van der Waals surface area contributed by atoms with E-state index in [0.29, 0.717) is 18.7 Å². The van der Waals surface area contributed by atoms with Crippen molar-refractivity contribution >= 4 is 11.7 Å². The highest BCUT2D eigenvalue weighted by Crippen LogP contribution is 2.14. The Morgan fingerprint density at radius 1 is 1.33 bits per heavy atom. The van der Waals surface area contributed by atoms with Crippen LogP contribution >= 0.6 is 0 Å². The molecule has 1 fully saturated rings. The highest BCUT2D eigenvalue weighted by molar-refractivity contribution is 5.94. The second kappa shape index (κ2) is 7.38. The van der Waals surface area contributed by atoms with Crippen LogP contribution in [0, 0.1) is 0 Å². The van der Waals surface area contributed by atoms with Gasteiger partial charge >= 0.3 is 0 Å². The number of rotatable bonds is 5. The van der Waals surface area contributed by atoms with Crippen molar-refractivity contribution in [2.75, 3.05) is 57.8 Å². The van der Waals surface area contributed by atoms with E-state index in [1.165, 1.54) is 0 Å². The van der Waals surface area contributed by atoms with Gasteiger partial charge in [-0.2, -0.15) is 0 Å². The maximum absolute atomic E-state index is 12.3. The third-order valence-electron chi connectivity index (χ3n) is 3.86. The lowest BCUT2D eigenvalue weighted by atomic mass is 10.2. The number of hydrogen-bond acceptors (Lipinski definition) is 5. The minimum atomic E-state index is -0.0797. The molecular formula is C15H24N4O2. The van der Waals surface area contributed by atoms with Crippen molar-refractivity contribution in [3.05, 3.63) is 23.9 Å². The Kier molecular flexibility index (Phi) is 5.52. The minimum Gasteiger partial charge on any atom is -0.395 e. The van der Waals surface area contributed by atoms with E-state index in [1.54, 1.807) is 11.1 Å². The van der Waals surface area contributed by atoms with Crippen LogP contribution in [0.15, 0.2) is 18.3 Å². The summed E-state index contributed by atoms with van der Waals surface area (Å²) in [6.07, 6.45) is 1.63. The molecule has 1 N–H and O–H groups in total. The lowest BCUT2D eigenvalue weighted by Gasteiger charge is -2.33. The van der Waals surface area contributed by atoms with Crippen LogP contribution in [0.3, 0.4) is 0 Å². The van der Waals surface area contributed by atoms with Gasteiger partial charge in [-0.1, -0.05) is 0 Å². The van der Waals surface area contributed by atoms with Gasteiger partial charge in [0.25, 0.3) is 5.91 Å². The smallest absolute Gasteiger partial charge is 0.255 e. The first-order chi connectivity index (χ1) is 10.2. The molecule has 1 aromatic rings. The molecule has 0 spiro atoms. The van der Waals surface area contributed by atoms with Crippen molar-refractivity contribution in [3.63, 3.8) is 0 Å². The number of aliphatic hydroxyl groups excluding tert-OH is 1. The summed E-state index contributed by atoms with van der Waals surface area (Å²) in [5, 5.41) is 8.98. The molecule has 1 aromatic heterocycles. The Hall–Kier alpha value is -1.66. The summed E-state index contributed by atoms with van der Waals surface area (Å²) in [4.78, 5) is 22.8. The number of hydrogen-bond donors (Lipinski definition) is 1. The van der Waals surface area contributed by atoms with Gasteiger partial charge in [0, 0.05) is 45.5 Å². The third-order valence-corrected chi connectivity index (χ3v) is 3.86. The summed E-state index contributed by atoms with van der Waals surface area (Å²) in [6, 6.07) is 3.73. The molecule has 2 heterocycles. The number of carbonyl (C=O) groups is 1. The van der Waals surface area contributed by atoms with Crippen LogP contribution in [0.25, 0.3) is 0 Å². The quantitative estimate of drug-likeness (QED) is 0.845. The molecule has 0 saturated carbocycles. The van der Waals surface area contributed by atoms with E-state index in [9.17, 15) is 4.79 Å². The van der Waals surface area contributed by atoms with Crippen molar-refractivity contribution < 1.29 is 9.90 Å². The van der Waals surface area contributed by atoms with Gasteiger partial charge in [0.15, 0.2) is 0 Å². The van der Waals surface area contributed by atoms with Crippen LogP contribution in [0.4, 0.5) is 5.82 Å². The lowest BCUT2D eigenvalue weighted by Crippen LogP contribution is -2.44. The minimum absolute atomic E-state index is 0.0214. The van der Waals surface area contributed by atoms with Gasteiger partial charge in [0.1, 0.15) is 5.82 Å². The summed E-state index contributed by atoms with van der Waals surface area (Å²) < 4.78 is 0. The molecule has 0 atom stereocenters. The molecule has 1 saturated heterocycles. The Morgan fingerprint density at radius 2 is 2.05 bits per heavy atom. The second-order valence-electron chi connectivity index (χ2n) is 5.30. The average molecular weight is 292 g/mol. The number of carbonyl (C=O) groups excluding carboxylic acids is 1. The van der Waals surface area contributed by atoms with Gasteiger partial charge in [-0.25, -0.2) is 4.98 Å². The van der Waals surface area contributed by atoms with Gasteiger partial charge in [-0.3, -0.25) is 4.79 Å². The van der Waals surface area contributed by atoms with Crippen LogP contribution in [-0.2, 0) is 0 Å². The van der Waals surface area contributed by atoms with Crippen LogP contribution in [0.1, 0.15) is 17.3 Å². The molecule has 1 aliphatic rings. The van der Waals surface area contributed by atoms with E-state index in [1.807, 2.05) is 19.1 Å². The first-order valence-corrected chi connectivity index (χ1v) is 7.45. The number of anilines is 1. The van der Waals surface area contributed by atoms with Crippen LogP contribution < -0.4 is 4.90 Å². The number of likely N-dealkylation sites (N-methyl/N-ethyl adjacent to an activating group) is 2. The van der Waals surface area contributed by atoms with E-state index in [-0.39, 0.29) is 12.5 Å². The number of pyridine rings is 1. The molecule has 116 valence electrons. The van der Waals surface area contributed by atoms with Gasteiger partial charge in [0.05, 0.1) is 12.2 Å². The first-order valence-electron chi connectivity index (χ1n) is 7.45. The number of aromatic nitrogens is 1. The summed E-state index contributed by atoms with van der Waals surface area (Å²) in [5.74, 6) is 0.842. The van der Waals surface area contributed by atoms with Crippen molar-refractivity contribution in [1.82, 2.24) is 14.8 Å². The highest BCUT2D eigenvalue weighted by Gasteiger charge is 2.17. The zero-order valence-corrected chi connectivity index (χ0v) is 12.8. The third kappa shape index (κ3) is 3.92. The molecule has 1 aliphatic heterocycles. The molecule has 6 heteroatoms. The molecular weight excluding hydrogens is 268 g/mol. The summed E-state index contributed by atoms with van der Waals surface area (Å²) in [7, 11) is 2.12.